The summed E-state index contributed by atoms with van der Waals surface area (Å²) in [6.07, 6.45) is 2.27. The lowest BCUT2D eigenvalue weighted by molar-refractivity contribution is 0.0898. The molecule has 1 saturated carbocycles. The molecule has 19 heavy (non-hydrogen) atoms. The summed E-state index contributed by atoms with van der Waals surface area (Å²) in [6.45, 7) is 4.40. The Morgan fingerprint density at radius 2 is 2.16 bits per heavy atom. The molecular weight excluding hydrogens is 283 g/mol. The molecule has 1 aliphatic carbocycles. The van der Waals surface area contributed by atoms with E-state index in [9.17, 15) is 4.79 Å². The van der Waals surface area contributed by atoms with Crippen LogP contribution in [-0.4, -0.2) is 18.0 Å². The Morgan fingerprint density at radius 3 is 2.63 bits per heavy atom. The van der Waals surface area contributed by atoms with Crippen LogP contribution in [0.15, 0.2) is 18.2 Å². The number of hydrogen-bond acceptors (Lipinski definition) is 2. The first-order chi connectivity index (χ1) is 8.46. The molecular formula is C14H20Cl2N2O. The van der Waals surface area contributed by atoms with E-state index >= 15 is 0 Å². The monoisotopic (exact) mass is 302 g/mol. The lowest BCUT2D eigenvalue weighted by atomic mass is 9.95. The number of halogens is 2. The Labute approximate surface area is 125 Å². The summed E-state index contributed by atoms with van der Waals surface area (Å²) in [5, 5.41) is 3.52. The van der Waals surface area contributed by atoms with Crippen LogP contribution in [0, 0.1) is 12.8 Å². The zero-order valence-electron chi connectivity index (χ0n) is 11.2. The molecule has 1 aliphatic rings. The largest absolute Gasteiger partial charge is 0.345 e. The van der Waals surface area contributed by atoms with E-state index in [1.165, 1.54) is 0 Å². The Morgan fingerprint density at radius 1 is 1.53 bits per heavy atom. The van der Waals surface area contributed by atoms with Gasteiger partial charge in [-0.25, -0.2) is 0 Å². The summed E-state index contributed by atoms with van der Waals surface area (Å²) in [7, 11) is 0. The third-order valence-electron chi connectivity index (χ3n) is 3.67. The predicted molar refractivity (Wildman–Crippen MR) is 81.1 cm³/mol. The zero-order chi connectivity index (χ0) is 13.3. The Bertz CT molecular complexity index is 475. The molecule has 3 nitrogen and oxygen atoms in total. The number of nitrogens with one attached hydrogen (secondary N) is 1. The van der Waals surface area contributed by atoms with E-state index in [1.807, 2.05) is 19.9 Å². The van der Waals surface area contributed by atoms with Crippen molar-refractivity contribution in [2.24, 2.45) is 11.7 Å². The SMILES string of the molecule is Cc1ccc(C(=O)NC(C)(CN)C2CC2)c(Cl)c1.Cl. The maximum absolute atomic E-state index is 12.2. The Hall–Kier alpha value is -0.770. The number of carbonyl (C=O) groups is 1. The van der Waals surface area contributed by atoms with E-state index in [0.717, 1.165) is 18.4 Å². The fourth-order valence-electron chi connectivity index (χ4n) is 2.17. The van der Waals surface area contributed by atoms with Gasteiger partial charge in [-0.2, -0.15) is 0 Å². The van der Waals surface area contributed by atoms with E-state index in [-0.39, 0.29) is 23.9 Å². The molecule has 1 aromatic rings. The molecule has 0 bridgehead atoms. The first-order valence-electron chi connectivity index (χ1n) is 6.25. The molecule has 1 unspecified atom stereocenters. The van der Waals surface area contributed by atoms with Crippen molar-refractivity contribution in [2.75, 3.05) is 6.54 Å². The number of nitrogens with two attached hydrogens (primary N) is 1. The molecule has 3 N–H and O–H groups in total. The Balaban J connectivity index is 0.00000180. The number of amides is 1. The van der Waals surface area contributed by atoms with Gasteiger partial charge in [0, 0.05) is 6.54 Å². The van der Waals surface area contributed by atoms with Crippen molar-refractivity contribution in [2.45, 2.75) is 32.2 Å². The Kier molecular flexibility index (Phi) is 5.25. The number of aryl methyl sites for hydroxylation is 1. The summed E-state index contributed by atoms with van der Waals surface area (Å²) in [5.41, 5.74) is 7.03. The van der Waals surface area contributed by atoms with Gasteiger partial charge >= 0.3 is 0 Å². The summed E-state index contributed by atoms with van der Waals surface area (Å²) >= 11 is 6.10. The first-order valence-corrected chi connectivity index (χ1v) is 6.63. The lowest BCUT2D eigenvalue weighted by Gasteiger charge is -2.29. The molecule has 1 fully saturated rings. The van der Waals surface area contributed by atoms with Crippen molar-refractivity contribution < 1.29 is 4.79 Å². The molecule has 1 amide bonds. The van der Waals surface area contributed by atoms with Gasteiger partial charge in [-0.1, -0.05) is 17.7 Å². The molecule has 1 aromatic carbocycles. The van der Waals surface area contributed by atoms with Crippen molar-refractivity contribution >= 4 is 29.9 Å². The number of rotatable bonds is 4. The molecule has 106 valence electrons. The van der Waals surface area contributed by atoms with Crippen LogP contribution in [0.2, 0.25) is 5.02 Å². The minimum Gasteiger partial charge on any atom is -0.345 e. The average molecular weight is 303 g/mol. The molecule has 0 saturated heterocycles. The standard InChI is InChI=1S/C14H19ClN2O.ClH/c1-9-3-6-11(12(15)7-9)13(18)17-14(2,8-16)10-4-5-10;/h3,6-7,10H,4-5,8,16H2,1-2H3,(H,17,18);1H. The average Bonchev–Trinajstić information content (AvgIpc) is 3.12. The van der Waals surface area contributed by atoms with E-state index in [2.05, 4.69) is 5.32 Å². The van der Waals surface area contributed by atoms with E-state index < -0.39 is 0 Å². The molecule has 0 aliphatic heterocycles. The summed E-state index contributed by atoms with van der Waals surface area (Å²) in [5.74, 6) is 0.357. The number of benzene rings is 1. The maximum Gasteiger partial charge on any atom is 0.253 e. The highest BCUT2D eigenvalue weighted by atomic mass is 35.5. The van der Waals surface area contributed by atoms with Gasteiger partial charge in [0.25, 0.3) is 5.91 Å². The highest BCUT2D eigenvalue weighted by Gasteiger charge is 2.41. The van der Waals surface area contributed by atoms with Crippen LogP contribution in [0.25, 0.3) is 0 Å². The van der Waals surface area contributed by atoms with E-state index in [0.29, 0.717) is 23.0 Å². The molecule has 5 heteroatoms. The minimum atomic E-state index is -0.314. The normalized spacial score (nSPS) is 17.3. The van der Waals surface area contributed by atoms with Gasteiger partial charge < -0.3 is 11.1 Å². The molecule has 0 spiro atoms. The summed E-state index contributed by atoms with van der Waals surface area (Å²) in [6, 6.07) is 5.45. The van der Waals surface area contributed by atoms with Gasteiger partial charge in [0.15, 0.2) is 0 Å². The van der Waals surface area contributed by atoms with Gasteiger partial charge in [-0.3, -0.25) is 4.79 Å². The second kappa shape index (κ2) is 6.12. The van der Waals surface area contributed by atoms with Crippen molar-refractivity contribution in [3.8, 4) is 0 Å². The first kappa shape index (κ1) is 16.3. The second-order valence-electron chi connectivity index (χ2n) is 5.33. The van der Waals surface area contributed by atoms with E-state index in [4.69, 9.17) is 17.3 Å². The molecule has 1 atom stereocenters. The van der Waals surface area contributed by atoms with Crippen LogP contribution in [0.4, 0.5) is 0 Å². The molecule has 0 radical (unpaired) electrons. The smallest absolute Gasteiger partial charge is 0.253 e. The number of carbonyl (C=O) groups excluding carboxylic acids is 1. The van der Waals surface area contributed by atoms with Crippen LogP contribution in [0.3, 0.4) is 0 Å². The van der Waals surface area contributed by atoms with Crippen LogP contribution in [0.5, 0.6) is 0 Å². The van der Waals surface area contributed by atoms with Gasteiger partial charge in [0.05, 0.1) is 16.1 Å². The minimum absolute atomic E-state index is 0. The topological polar surface area (TPSA) is 55.1 Å². The summed E-state index contributed by atoms with van der Waals surface area (Å²) < 4.78 is 0. The maximum atomic E-state index is 12.2. The van der Waals surface area contributed by atoms with Crippen LogP contribution < -0.4 is 11.1 Å². The summed E-state index contributed by atoms with van der Waals surface area (Å²) in [4.78, 5) is 12.2. The van der Waals surface area contributed by atoms with Gasteiger partial charge in [-0.15, -0.1) is 12.4 Å². The van der Waals surface area contributed by atoms with Crippen LogP contribution >= 0.6 is 24.0 Å². The van der Waals surface area contributed by atoms with Crippen molar-refractivity contribution in [3.63, 3.8) is 0 Å². The molecule has 2 rings (SSSR count). The third-order valence-corrected chi connectivity index (χ3v) is 3.98. The second-order valence-corrected chi connectivity index (χ2v) is 5.74. The van der Waals surface area contributed by atoms with Gasteiger partial charge in [0.2, 0.25) is 0 Å². The molecule has 0 aromatic heterocycles. The zero-order valence-corrected chi connectivity index (χ0v) is 12.8. The van der Waals surface area contributed by atoms with Crippen LogP contribution in [-0.2, 0) is 0 Å². The highest BCUT2D eigenvalue weighted by molar-refractivity contribution is 6.33. The third kappa shape index (κ3) is 3.62. The van der Waals surface area contributed by atoms with Crippen molar-refractivity contribution in [1.82, 2.24) is 5.32 Å². The van der Waals surface area contributed by atoms with Crippen molar-refractivity contribution in [1.29, 1.82) is 0 Å². The van der Waals surface area contributed by atoms with Gasteiger partial charge in [-0.05, 0) is 50.3 Å². The lowest BCUT2D eigenvalue weighted by Crippen LogP contribution is -2.53. The molecule has 0 heterocycles. The fourth-order valence-corrected chi connectivity index (χ4v) is 2.49. The van der Waals surface area contributed by atoms with Crippen molar-refractivity contribution in [3.05, 3.63) is 34.3 Å². The van der Waals surface area contributed by atoms with Crippen LogP contribution in [0.1, 0.15) is 35.7 Å². The van der Waals surface area contributed by atoms with E-state index in [1.54, 1.807) is 12.1 Å². The predicted octanol–water partition coefficient (Wildman–Crippen LogP) is 2.93. The fraction of sp³-hybridized carbons (Fsp3) is 0.500. The highest BCUT2D eigenvalue weighted by Crippen LogP contribution is 2.39. The number of hydrogen-bond donors (Lipinski definition) is 2. The van der Waals surface area contributed by atoms with Gasteiger partial charge in [0.1, 0.15) is 0 Å². The quantitative estimate of drug-likeness (QED) is 0.898.